The lowest BCUT2D eigenvalue weighted by Gasteiger charge is -2.21. The third kappa shape index (κ3) is 3.78. The zero-order valence-electron chi connectivity index (χ0n) is 8.69. The van der Waals surface area contributed by atoms with Gasteiger partial charge in [0.1, 0.15) is 5.82 Å². The number of halogens is 3. The molecular weight excluding hydrogens is 266 g/mol. The van der Waals surface area contributed by atoms with Crippen LogP contribution in [0.5, 0.6) is 5.75 Å². The summed E-state index contributed by atoms with van der Waals surface area (Å²) in [6.45, 7) is 4.27. The van der Waals surface area contributed by atoms with Crippen LogP contribution in [-0.2, 0) is 0 Å². The number of ether oxygens (including phenoxy) is 1. The summed E-state index contributed by atoms with van der Waals surface area (Å²) in [6, 6.07) is 3.18. The molecule has 0 atom stereocenters. The lowest BCUT2D eigenvalue weighted by molar-refractivity contribution is 0.195. The molecule has 0 saturated heterocycles. The topological polar surface area (TPSA) is 9.23 Å². The lowest BCUT2D eigenvalue weighted by Crippen LogP contribution is -2.23. The predicted octanol–water partition coefficient (Wildman–Crippen LogP) is 3.76. The number of hydrogen-bond acceptors (Lipinski definition) is 1. The summed E-state index contributed by atoms with van der Waals surface area (Å²) in [5.74, 6) is -1.08. The summed E-state index contributed by atoms with van der Waals surface area (Å²) in [5.41, 5.74) is -0.112. The Bertz CT molecular complexity index is 339. The highest BCUT2D eigenvalue weighted by molar-refractivity contribution is 9.09. The van der Waals surface area contributed by atoms with Crippen LogP contribution in [0.15, 0.2) is 18.2 Å². The van der Waals surface area contributed by atoms with Crippen molar-refractivity contribution < 1.29 is 13.5 Å². The smallest absolute Gasteiger partial charge is 0.165 e. The molecule has 0 aliphatic heterocycles. The van der Waals surface area contributed by atoms with Crippen LogP contribution in [0.3, 0.4) is 0 Å². The van der Waals surface area contributed by atoms with Crippen molar-refractivity contribution in [3.8, 4) is 5.75 Å². The van der Waals surface area contributed by atoms with Crippen molar-refractivity contribution in [1.82, 2.24) is 0 Å². The second-order valence-corrected chi connectivity index (χ2v) is 4.72. The first kappa shape index (κ1) is 12.4. The fraction of sp³-hybridized carbons (Fsp3) is 0.455. The normalized spacial score (nSPS) is 11.5. The molecule has 0 aliphatic rings. The minimum Gasteiger partial charge on any atom is -0.490 e. The number of alkyl halides is 1. The van der Waals surface area contributed by atoms with Crippen molar-refractivity contribution in [2.75, 3.05) is 11.9 Å². The first-order chi connectivity index (χ1) is 6.94. The van der Waals surface area contributed by atoms with E-state index in [0.29, 0.717) is 6.61 Å². The Hall–Kier alpha value is -0.640. The van der Waals surface area contributed by atoms with Gasteiger partial charge < -0.3 is 4.74 Å². The SMILES string of the molecule is CC(C)(CBr)COc1cc(F)ccc1F. The molecule has 0 spiro atoms. The van der Waals surface area contributed by atoms with E-state index in [1.54, 1.807) is 0 Å². The molecule has 1 nitrogen and oxygen atoms in total. The van der Waals surface area contributed by atoms with E-state index >= 15 is 0 Å². The van der Waals surface area contributed by atoms with Crippen molar-refractivity contribution in [2.45, 2.75) is 13.8 Å². The largest absolute Gasteiger partial charge is 0.490 e. The second kappa shape index (κ2) is 4.92. The Morgan fingerprint density at radius 3 is 2.60 bits per heavy atom. The molecule has 1 aromatic carbocycles. The number of hydrogen-bond donors (Lipinski definition) is 0. The van der Waals surface area contributed by atoms with E-state index in [2.05, 4.69) is 15.9 Å². The minimum atomic E-state index is -0.540. The molecule has 4 heteroatoms. The van der Waals surface area contributed by atoms with Crippen LogP contribution in [0.1, 0.15) is 13.8 Å². The second-order valence-electron chi connectivity index (χ2n) is 4.16. The number of benzene rings is 1. The molecule has 0 aromatic heterocycles. The Kier molecular flexibility index (Phi) is 4.08. The van der Waals surface area contributed by atoms with E-state index in [0.717, 1.165) is 23.5 Å². The molecule has 0 radical (unpaired) electrons. The monoisotopic (exact) mass is 278 g/mol. The molecule has 0 fully saturated rings. The average molecular weight is 279 g/mol. The quantitative estimate of drug-likeness (QED) is 0.762. The van der Waals surface area contributed by atoms with Crippen molar-refractivity contribution >= 4 is 15.9 Å². The fourth-order valence-electron chi connectivity index (χ4n) is 0.900. The van der Waals surface area contributed by atoms with Crippen LogP contribution < -0.4 is 4.74 Å². The van der Waals surface area contributed by atoms with Crippen LogP contribution in [-0.4, -0.2) is 11.9 Å². The van der Waals surface area contributed by atoms with Crippen LogP contribution in [0, 0.1) is 17.0 Å². The Balaban J connectivity index is 2.69. The summed E-state index contributed by atoms with van der Waals surface area (Å²) in [4.78, 5) is 0. The molecule has 0 unspecified atom stereocenters. The van der Waals surface area contributed by atoms with E-state index in [1.807, 2.05) is 13.8 Å². The van der Waals surface area contributed by atoms with Crippen LogP contribution in [0.25, 0.3) is 0 Å². The highest BCUT2D eigenvalue weighted by Crippen LogP contribution is 2.23. The van der Waals surface area contributed by atoms with Gasteiger partial charge in [0.2, 0.25) is 0 Å². The van der Waals surface area contributed by atoms with Crippen molar-refractivity contribution in [2.24, 2.45) is 5.41 Å². The standard InChI is InChI=1S/C11H13BrF2O/c1-11(2,6-12)7-15-10-5-8(13)3-4-9(10)14/h3-5H,6-7H2,1-2H3. The highest BCUT2D eigenvalue weighted by atomic mass is 79.9. The third-order valence-electron chi connectivity index (χ3n) is 1.87. The molecular formula is C11H13BrF2O. The van der Waals surface area contributed by atoms with Gasteiger partial charge in [-0.05, 0) is 12.1 Å². The maximum atomic E-state index is 13.1. The van der Waals surface area contributed by atoms with Gasteiger partial charge in [-0.3, -0.25) is 0 Å². The Morgan fingerprint density at radius 1 is 1.33 bits per heavy atom. The zero-order valence-corrected chi connectivity index (χ0v) is 10.3. The minimum absolute atomic E-state index is 0.0379. The van der Waals surface area contributed by atoms with Crippen molar-refractivity contribution in [3.05, 3.63) is 29.8 Å². The molecule has 0 amide bonds. The molecule has 1 aromatic rings. The lowest BCUT2D eigenvalue weighted by atomic mass is 9.98. The summed E-state index contributed by atoms with van der Waals surface area (Å²) < 4.78 is 31.2. The number of rotatable bonds is 4. The van der Waals surface area contributed by atoms with Crippen LogP contribution in [0.4, 0.5) is 8.78 Å². The van der Waals surface area contributed by atoms with Crippen LogP contribution in [0.2, 0.25) is 0 Å². The van der Waals surface area contributed by atoms with E-state index in [1.165, 1.54) is 0 Å². The first-order valence-electron chi connectivity index (χ1n) is 4.58. The molecule has 0 N–H and O–H groups in total. The van der Waals surface area contributed by atoms with Crippen molar-refractivity contribution in [3.63, 3.8) is 0 Å². The van der Waals surface area contributed by atoms with Gasteiger partial charge in [0.25, 0.3) is 0 Å². The van der Waals surface area contributed by atoms with Gasteiger partial charge >= 0.3 is 0 Å². The summed E-state index contributed by atoms with van der Waals surface area (Å²) >= 11 is 3.33. The third-order valence-corrected chi connectivity index (χ3v) is 3.39. The van der Waals surface area contributed by atoms with Crippen molar-refractivity contribution in [1.29, 1.82) is 0 Å². The van der Waals surface area contributed by atoms with Gasteiger partial charge in [-0.2, -0.15) is 0 Å². The van der Waals surface area contributed by atoms with Gasteiger partial charge in [0.15, 0.2) is 11.6 Å². The molecule has 15 heavy (non-hydrogen) atoms. The van der Waals surface area contributed by atoms with E-state index in [-0.39, 0.29) is 11.2 Å². The van der Waals surface area contributed by atoms with E-state index < -0.39 is 11.6 Å². The van der Waals surface area contributed by atoms with Gasteiger partial charge in [-0.25, -0.2) is 8.78 Å². The summed E-state index contributed by atoms with van der Waals surface area (Å²) in [6.07, 6.45) is 0. The molecule has 0 saturated carbocycles. The van der Waals surface area contributed by atoms with Gasteiger partial charge in [-0.15, -0.1) is 0 Å². The van der Waals surface area contributed by atoms with Gasteiger partial charge in [0, 0.05) is 16.8 Å². The van der Waals surface area contributed by atoms with Gasteiger partial charge in [0.05, 0.1) is 6.61 Å². The predicted molar refractivity (Wildman–Crippen MR) is 59.4 cm³/mol. The zero-order chi connectivity index (χ0) is 11.5. The molecule has 1 rings (SSSR count). The molecule has 84 valence electrons. The first-order valence-corrected chi connectivity index (χ1v) is 5.70. The average Bonchev–Trinajstić information content (AvgIpc) is 2.20. The molecule has 0 heterocycles. The maximum Gasteiger partial charge on any atom is 0.165 e. The molecule has 0 bridgehead atoms. The van der Waals surface area contributed by atoms with Gasteiger partial charge in [-0.1, -0.05) is 29.8 Å². The van der Waals surface area contributed by atoms with E-state index in [9.17, 15) is 8.78 Å². The van der Waals surface area contributed by atoms with E-state index in [4.69, 9.17) is 4.74 Å². The molecule has 0 aliphatic carbocycles. The Labute approximate surface area is 96.6 Å². The maximum absolute atomic E-state index is 13.1. The fourth-order valence-corrected chi connectivity index (χ4v) is 1.06. The summed E-state index contributed by atoms with van der Waals surface area (Å²) in [5, 5.41) is 0.733. The Morgan fingerprint density at radius 2 is 2.00 bits per heavy atom. The summed E-state index contributed by atoms with van der Waals surface area (Å²) in [7, 11) is 0. The van der Waals surface area contributed by atoms with Crippen LogP contribution >= 0.6 is 15.9 Å². The highest BCUT2D eigenvalue weighted by Gasteiger charge is 2.18.